The molecule has 0 fully saturated rings. The normalized spacial score (nSPS) is 10.7. The van der Waals surface area contributed by atoms with E-state index < -0.39 is 0 Å². The van der Waals surface area contributed by atoms with Crippen LogP contribution in [0.4, 0.5) is 11.4 Å². The largest absolute Gasteiger partial charge is 0.473 e. The van der Waals surface area contributed by atoms with E-state index >= 15 is 0 Å². The zero-order chi connectivity index (χ0) is 15.4. The number of hydrogen-bond acceptors (Lipinski definition) is 5. The number of aryl methyl sites for hydroxylation is 1. The molecule has 0 aliphatic carbocycles. The number of hydrogen-bond donors (Lipinski definition) is 2. The van der Waals surface area contributed by atoms with Gasteiger partial charge in [-0.25, -0.2) is 4.98 Å². The minimum absolute atomic E-state index is 0.0417. The zero-order valence-electron chi connectivity index (χ0n) is 12.3. The molecule has 0 bridgehead atoms. The van der Waals surface area contributed by atoms with Crippen LogP contribution in [0.5, 0.6) is 5.88 Å². The Hall–Kier alpha value is -2.57. The van der Waals surface area contributed by atoms with Gasteiger partial charge in [-0.3, -0.25) is 9.48 Å². The molecule has 2 aromatic rings. The van der Waals surface area contributed by atoms with Gasteiger partial charge in [0.2, 0.25) is 5.88 Å². The Morgan fingerprint density at radius 3 is 2.90 bits per heavy atom. The van der Waals surface area contributed by atoms with Gasteiger partial charge in [0, 0.05) is 18.9 Å². The molecular formula is C14H19N5O2. The molecule has 1 amide bonds. The fraction of sp³-hybridized carbons (Fsp3) is 0.357. The second kappa shape index (κ2) is 6.25. The fourth-order valence-corrected chi connectivity index (χ4v) is 1.76. The van der Waals surface area contributed by atoms with Crippen molar-refractivity contribution in [2.75, 3.05) is 11.1 Å². The molecule has 0 aliphatic heterocycles. The number of aromatic nitrogens is 3. The summed E-state index contributed by atoms with van der Waals surface area (Å²) in [7, 11) is 0. The van der Waals surface area contributed by atoms with E-state index in [1.54, 1.807) is 29.2 Å². The smallest absolute Gasteiger partial charge is 0.278 e. The summed E-state index contributed by atoms with van der Waals surface area (Å²) < 4.78 is 7.17. The number of anilines is 2. The van der Waals surface area contributed by atoms with Gasteiger partial charge in [-0.05, 0) is 32.9 Å². The van der Waals surface area contributed by atoms with E-state index in [-0.39, 0.29) is 17.7 Å². The summed E-state index contributed by atoms with van der Waals surface area (Å²) in [5.41, 5.74) is 6.82. The molecule has 21 heavy (non-hydrogen) atoms. The van der Waals surface area contributed by atoms with E-state index in [0.29, 0.717) is 23.8 Å². The number of nitrogen functional groups attached to an aromatic ring is 1. The third kappa shape index (κ3) is 3.50. The highest BCUT2D eigenvalue weighted by atomic mass is 16.5. The topological polar surface area (TPSA) is 95.1 Å². The van der Waals surface area contributed by atoms with Crippen LogP contribution in [0.3, 0.4) is 0 Å². The molecule has 2 heterocycles. The molecule has 3 N–H and O–H groups in total. The molecule has 0 saturated heterocycles. The number of nitrogens with two attached hydrogens (primary N) is 1. The van der Waals surface area contributed by atoms with Crippen molar-refractivity contribution < 1.29 is 9.53 Å². The maximum absolute atomic E-state index is 12.3. The van der Waals surface area contributed by atoms with Crippen LogP contribution in [0, 0.1) is 0 Å². The average Bonchev–Trinajstić information content (AvgIpc) is 2.82. The van der Waals surface area contributed by atoms with Crippen molar-refractivity contribution in [3.63, 3.8) is 0 Å². The van der Waals surface area contributed by atoms with Crippen molar-refractivity contribution in [2.24, 2.45) is 0 Å². The van der Waals surface area contributed by atoms with Crippen LogP contribution in [-0.4, -0.2) is 26.8 Å². The van der Waals surface area contributed by atoms with Crippen molar-refractivity contribution in [3.05, 3.63) is 30.2 Å². The van der Waals surface area contributed by atoms with E-state index in [1.807, 2.05) is 20.8 Å². The predicted molar refractivity (Wildman–Crippen MR) is 80.3 cm³/mol. The SMILES string of the molecule is CCn1cc(N)c(C(=O)Nc2cccnc2OC(C)C)n1. The second-order valence-corrected chi connectivity index (χ2v) is 4.77. The molecule has 0 aromatic carbocycles. The molecule has 0 radical (unpaired) electrons. The number of ether oxygens (including phenoxy) is 1. The Labute approximate surface area is 123 Å². The van der Waals surface area contributed by atoms with Gasteiger partial charge in [0.15, 0.2) is 5.69 Å². The van der Waals surface area contributed by atoms with E-state index in [4.69, 9.17) is 10.5 Å². The molecule has 112 valence electrons. The van der Waals surface area contributed by atoms with Crippen molar-refractivity contribution in [2.45, 2.75) is 33.4 Å². The molecule has 0 aliphatic rings. The summed E-state index contributed by atoms with van der Waals surface area (Å²) in [5.74, 6) is -0.0179. The van der Waals surface area contributed by atoms with Gasteiger partial charge in [0.25, 0.3) is 5.91 Å². The van der Waals surface area contributed by atoms with Gasteiger partial charge in [0.05, 0.1) is 11.8 Å². The first-order valence-electron chi connectivity index (χ1n) is 6.77. The Kier molecular flexibility index (Phi) is 4.42. The van der Waals surface area contributed by atoms with Gasteiger partial charge < -0.3 is 15.8 Å². The highest BCUT2D eigenvalue weighted by Gasteiger charge is 2.17. The van der Waals surface area contributed by atoms with Gasteiger partial charge in [0.1, 0.15) is 5.69 Å². The Balaban J connectivity index is 2.21. The number of pyridine rings is 1. The summed E-state index contributed by atoms with van der Waals surface area (Å²) in [4.78, 5) is 16.4. The molecular weight excluding hydrogens is 270 g/mol. The van der Waals surface area contributed by atoms with Crippen molar-refractivity contribution in [1.82, 2.24) is 14.8 Å². The van der Waals surface area contributed by atoms with Crippen LogP contribution < -0.4 is 15.8 Å². The van der Waals surface area contributed by atoms with Crippen LogP contribution in [0.1, 0.15) is 31.3 Å². The second-order valence-electron chi connectivity index (χ2n) is 4.77. The lowest BCUT2D eigenvalue weighted by atomic mass is 10.3. The first kappa shape index (κ1) is 14.8. The number of carbonyl (C=O) groups excluding carboxylic acids is 1. The van der Waals surface area contributed by atoms with Crippen LogP contribution in [0.25, 0.3) is 0 Å². The lowest BCUT2D eigenvalue weighted by molar-refractivity contribution is 0.102. The monoisotopic (exact) mass is 289 g/mol. The maximum atomic E-state index is 12.3. The van der Waals surface area contributed by atoms with Gasteiger partial charge in [-0.2, -0.15) is 5.10 Å². The first-order chi connectivity index (χ1) is 10.0. The standard InChI is InChI=1S/C14H19N5O2/c1-4-19-8-10(15)12(18-19)13(20)17-11-6-5-7-16-14(11)21-9(2)3/h5-9H,4,15H2,1-3H3,(H,17,20). The summed E-state index contributed by atoms with van der Waals surface area (Å²) >= 11 is 0. The van der Waals surface area contributed by atoms with Crippen LogP contribution in [0.2, 0.25) is 0 Å². The summed E-state index contributed by atoms with van der Waals surface area (Å²) in [6, 6.07) is 3.44. The summed E-state index contributed by atoms with van der Waals surface area (Å²) in [5, 5.41) is 6.86. The van der Waals surface area contributed by atoms with Crippen molar-refractivity contribution >= 4 is 17.3 Å². The number of amides is 1. The molecule has 2 rings (SSSR count). The molecule has 0 spiro atoms. The minimum Gasteiger partial charge on any atom is -0.473 e. The predicted octanol–water partition coefficient (Wildman–Crippen LogP) is 1.92. The fourth-order valence-electron chi connectivity index (χ4n) is 1.76. The first-order valence-corrected chi connectivity index (χ1v) is 6.77. The highest BCUT2D eigenvalue weighted by molar-refractivity contribution is 6.06. The quantitative estimate of drug-likeness (QED) is 0.876. The Bertz CT molecular complexity index is 636. The zero-order valence-corrected chi connectivity index (χ0v) is 12.3. The van der Waals surface area contributed by atoms with E-state index in [1.165, 1.54) is 0 Å². The maximum Gasteiger partial charge on any atom is 0.278 e. The van der Waals surface area contributed by atoms with E-state index in [2.05, 4.69) is 15.4 Å². The summed E-state index contributed by atoms with van der Waals surface area (Å²) in [6.45, 7) is 6.35. The molecule has 0 atom stereocenters. The van der Waals surface area contributed by atoms with Crippen LogP contribution in [0.15, 0.2) is 24.5 Å². The third-order valence-electron chi connectivity index (χ3n) is 2.70. The highest BCUT2D eigenvalue weighted by Crippen LogP contribution is 2.23. The molecule has 7 heteroatoms. The van der Waals surface area contributed by atoms with Crippen LogP contribution in [-0.2, 0) is 6.54 Å². The van der Waals surface area contributed by atoms with Crippen LogP contribution >= 0.6 is 0 Å². The third-order valence-corrected chi connectivity index (χ3v) is 2.70. The Morgan fingerprint density at radius 1 is 1.52 bits per heavy atom. The lowest BCUT2D eigenvalue weighted by Gasteiger charge is -2.13. The molecule has 7 nitrogen and oxygen atoms in total. The molecule has 0 unspecified atom stereocenters. The number of rotatable bonds is 5. The lowest BCUT2D eigenvalue weighted by Crippen LogP contribution is -2.17. The van der Waals surface area contributed by atoms with Crippen molar-refractivity contribution in [3.8, 4) is 5.88 Å². The minimum atomic E-state index is -0.388. The van der Waals surface area contributed by atoms with Gasteiger partial charge in [-0.1, -0.05) is 0 Å². The summed E-state index contributed by atoms with van der Waals surface area (Å²) in [6.07, 6.45) is 3.19. The Morgan fingerprint density at radius 2 is 2.29 bits per heavy atom. The number of nitrogens with one attached hydrogen (secondary N) is 1. The van der Waals surface area contributed by atoms with Gasteiger partial charge in [-0.15, -0.1) is 0 Å². The molecule has 0 saturated carbocycles. The number of nitrogens with zero attached hydrogens (tertiary/aromatic N) is 3. The molecule has 2 aromatic heterocycles. The van der Waals surface area contributed by atoms with Gasteiger partial charge >= 0.3 is 0 Å². The van der Waals surface area contributed by atoms with E-state index in [0.717, 1.165) is 0 Å². The van der Waals surface area contributed by atoms with E-state index in [9.17, 15) is 4.79 Å². The van der Waals surface area contributed by atoms with Crippen molar-refractivity contribution in [1.29, 1.82) is 0 Å². The average molecular weight is 289 g/mol. The number of carbonyl (C=O) groups is 1.